The van der Waals surface area contributed by atoms with Crippen molar-refractivity contribution in [1.29, 1.82) is 5.26 Å². The molecular weight excluding hydrogens is 358 g/mol. The first-order chi connectivity index (χ1) is 13.5. The number of hydrogen-bond acceptors (Lipinski definition) is 6. The first-order valence-electron chi connectivity index (χ1n) is 8.73. The summed E-state index contributed by atoms with van der Waals surface area (Å²) in [6, 6.07) is 14.0. The van der Waals surface area contributed by atoms with E-state index in [1.165, 1.54) is 6.07 Å². The number of ether oxygens (including phenoxy) is 2. The number of aromatic amines is 1. The lowest BCUT2D eigenvalue weighted by molar-refractivity contribution is 0.317. The number of nitriles is 1. The van der Waals surface area contributed by atoms with Crippen LogP contribution in [0, 0.1) is 11.3 Å². The summed E-state index contributed by atoms with van der Waals surface area (Å²) in [5, 5.41) is 20.4. The number of benzene rings is 2. The van der Waals surface area contributed by atoms with Gasteiger partial charge in [-0.1, -0.05) is 18.2 Å². The van der Waals surface area contributed by atoms with Crippen molar-refractivity contribution in [2.75, 3.05) is 6.61 Å². The van der Waals surface area contributed by atoms with Crippen LogP contribution in [0.1, 0.15) is 24.0 Å². The maximum atomic E-state index is 12.9. The lowest BCUT2D eigenvalue weighted by atomic mass is 9.83. The highest BCUT2D eigenvalue weighted by molar-refractivity contribution is 5.87. The predicted octanol–water partition coefficient (Wildman–Crippen LogP) is 2.85. The Bertz CT molecular complexity index is 1220. The molecule has 0 radical (unpaired) electrons. The summed E-state index contributed by atoms with van der Waals surface area (Å²) >= 11 is 0. The number of H-pyrrole nitrogens is 1. The van der Waals surface area contributed by atoms with E-state index in [0.717, 1.165) is 0 Å². The lowest BCUT2D eigenvalue weighted by Gasteiger charge is -2.26. The van der Waals surface area contributed by atoms with Crippen LogP contribution in [0.2, 0.25) is 0 Å². The highest BCUT2D eigenvalue weighted by Gasteiger charge is 2.34. The Kier molecular flexibility index (Phi) is 4.17. The van der Waals surface area contributed by atoms with Gasteiger partial charge >= 0.3 is 0 Å². The summed E-state index contributed by atoms with van der Waals surface area (Å²) in [5.41, 5.74) is 7.29. The summed E-state index contributed by atoms with van der Waals surface area (Å²) in [7, 11) is 0. The number of aromatic nitrogens is 1. The van der Waals surface area contributed by atoms with E-state index in [9.17, 15) is 15.2 Å². The molecule has 140 valence electrons. The third kappa shape index (κ3) is 2.63. The second-order valence-electron chi connectivity index (χ2n) is 6.33. The monoisotopic (exact) mass is 375 g/mol. The van der Waals surface area contributed by atoms with Gasteiger partial charge < -0.3 is 25.3 Å². The highest BCUT2D eigenvalue weighted by Crippen LogP contribution is 2.44. The first kappa shape index (κ1) is 17.5. The molecule has 4 rings (SSSR count). The third-order valence-corrected chi connectivity index (χ3v) is 4.70. The van der Waals surface area contributed by atoms with Crippen LogP contribution in [0.15, 0.2) is 58.7 Å². The fourth-order valence-electron chi connectivity index (χ4n) is 3.49. The van der Waals surface area contributed by atoms with E-state index in [2.05, 4.69) is 11.1 Å². The van der Waals surface area contributed by atoms with E-state index in [-0.39, 0.29) is 34.1 Å². The molecule has 0 fully saturated rings. The Labute approximate surface area is 160 Å². The van der Waals surface area contributed by atoms with E-state index >= 15 is 0 Å². The number of phenols is 1. The molecule has 0 saturated carbocycles. The van der Waals surface area contributed by atoms with Gasteiger partial charge in [-0.2, -0.15) is 5.26 Å². The van der Waals surface area contributed by atoms with E-state index in [1.54, 1.807) is 31.2 Å². The van der Waals surface area contributed by atoms with Crippen molar-refractivity contribution in [3.8, 4) is 23.3 Å². The number of aromatic hydroxyl groups is 1. The molecular formula is C21H17N3O4. The van der Waals surface area contributed by atoms with Crippen molar-refractivity contribution in [2.45, 2.75) is 12.8 Å². The SMILES string of the molecule is CCOc1cc([C@@H]2C(C#N)=C(N)Oc3c2c(=O)[nH]c2ccccc32)ccc1O. The van der Waals surface area contributed by atoms with E-state index in [4.69, 9.17) is 15.2 Å². The number of allylic oxidation sites excluding steroid dienone is 1. The number of fused-ring (bicyclic) bond motifs is 3. The molecule has 0 amide bonds. The summed E-state index contributed by atoms with van der Waals surface area (Å²) in [5.74, 6) is -0.238. The van der Waals surface area contributed by atoms with Gasteiger partial charge in [0, 0.05) is 5.39 Å². The fraction of sp³-hybridized carbons (Fsp3) is 0.143. The van der Waals surface area contributed by atoms with Crippen LogP contribution in [0.4, 0.5) is 0 Å². The Hall–Kier alpha value is -3.92. The molecule has 0 aliphatic carbocycles. The van der Waals surface area contributed by atoms with Crippen LogP contribution >= 0.6 is 0 Å². The van der Waals surface area contributed by atoms with Gasteiger partial charge in [-0.15, -0.1) is 0 Å². The number of nitrogens with one attached hydrogen (secondary N) is 1. The quantitative estimate of drug-likeness (QED) is 0.647. The van der Waals surface area contributed by atoms with Crippen LogP contribution in [-0.2, 0) is 0 Å². The minimum absolute atomic E-state index is 0.0271. The van der Waals surface area contributed by atoms with Crippen LogP contribution in [0.5, 0.6) is 17.2 Å². The van der Waals surface area contributed by atoms with E-state index in [1.807, 2.05) is 12.1 Å². The number of hydrogen-bond donors (Lipinski definition) is 3. The molecule has 0 spiro atoms. The van der Waals surface area contributed by atoms with Gasteiger partial charge in [0.2, 0.25) is 5.88 Å². The minimum Gasteiger partial charge on any atom is -0.504 e. The number of rotatable bonds is 3. The number of pyridine rings is 1. The van der Waals surface area contributed by atoms with Crippen molar-refractivity contribution in [3.05, 3.63) is 75.4 Å². The zero-order valence-corrected chi connectivity index (χ0v) is 15.0. The molecule has 1 aliphatic heterocycles. The van der Waals surface area contributed by atoms with Gasteiger partial charge in [0.05, 0.1) is 23.6 Å². The second-order valence-corrected chi connectivity index (χ2v) is 6.33. The average Bonchev–Trinajstić information content (AvgIpc) is 2.69. The van der Waals surface area contributed by atoms with Gasteiger partial charge in [-0.3, -0.25) is 4.79 Å². The maximum absolute atomic E-state index is 12.9. The normalized spacial score (nSPS) is 15.6. The Morgan fingerprint density at radius 3 is 2.86 bits per heavy atom. The van der Waals surface area contributed by atoms with Gasteiger partial charge in [0.25, 0.3) is 5.56 Å². The molecule has 4 N–H and O–H groups in total. The summed E-state index contributed by atoms with van der Waals surface area (Å²) in [6.07, 6.45) is 0. The Balaban J connectivity index is 2.03. The van der Waals surface area contributed by atoms with Crippen LogP contribution in [0.25, 0.3) is 10.9 Å². The van der Waals surface area contributed by atoms with Crippen LogP contribution in [-0.4, -0.2) is 16.7 Å². The molecule has 3 aromatic rings. The zero-order chi connectivity index (χ0) is 19.8. The van der Waals surface area contributed by atoms with Crippen molar-refractivity contribution in [2.24, 2.45) is 5.73 Å². The second kappa shape index (κ2) is 6.67. The van der Waals surface area contributed by atoms with E-state index < -0.39 is 5.92 Å². The average molecular weight is 375 g/mol. The largest absolute Gasteiger partial charge is 0.504 e. The topological polar surface area (TPSA) is 121 Å². The van der Waals surface area contributed by atoms with Gasteiger partial charge in [-0.05, 0) is 36.8 Å². The Morgan fingerprint density at radius 1 is 1.32 bits per heavy atom. The van der Waals surface area contributed by atoms with Gasteiger partial charge in [0.15, 0.2) is 11.5 Å². The van der Waals surface area contributed by atoms with Gasteiger partial charge in [-0.25, -0.2) is 0 Å². The molecule has 2 aromatic carbocycles. The highest BCUT2D eigenvalue weighted by atomic mass is 16.5. The molecule has 1 atom stereocenters. The van der Waals surface area contributed by atoms with Crippen molar-refractivity contribution < 1.29 is 14.6 Å². The van der Waals surface area contributed by atoms with Gasteiger partial charge in [0.1, 0.15) is 17.4 Å². The van der Waals surface area contributed by atoms with Crippen LogP contribution < -0.4 is 20.8 Å². The van der Waals surface area contributed by atoms with Crippen LogP contribution in [0.3, 0.4) is 0 Å². The number of phenolic OH excluding ortho intramolecular Hbond substituents is 1. The summed E-state index contributed by atoms with van der Waals surface area (Å²) in [4.78, 5) is 15.8. The summed E-state index contributed by atoms with van der Waals surface area (Å²) in [6.45, 7) is 2.15. The Morgan fingerprint density at radius 2 is 2.11 bits per heavy atom. The maximum Gasteiger partial charge on any atom is 0.256 e. The standard InChI is InChI=1S/C21H17N3O4/c1-2-27-16-9-11(7-8-15(16)25)17-13(10-22)20(23)28-19-12-5-3-4-6-14(12)24-21(26)18(17)19/h3-9,17,25H,2,23H2,1H3,(H,24,26)/t17-/m1/s1. The number of nitrogens with two attached hydrogens (primary N) is 1. The van der Waals surface area contributed by atoms with Crippen molar-refractivity contribution in [3.63, 3.8) is 0 Å². The number of para-hydroxylation sites is 1. The van der Waals surface area contributed by atoms with E-state index in [0.29, 0.717) is 28.8 Å². The van der Waals surface area contributed by atoms with Crippen molar-refractivity contribution in [1.82, 2.24) is 4.98 Å². The molecule has 0 bridgehead atoms. The molecule has 2 heterocycles. The zero-order valence-electron chi connectivity index (χ0n) is 15.0. The summed E-state index contributed by atoms with van der Waals surface area (Å²) < 4.78 is 11.2. The predicted molar refractivity (Wildman–Crippen MR) is 103 cm³/mol. The molecule has 1 aliphatic rings. The minimum atomic E-state index is -0.748. The smallest absolute Gasteiger partial charge is 0.256 e. The third-order valence-electron chi connectivity index (χ3n) is 4.70. The molecule has 1 aromatic heterocycles. The fourth-order valence-corrected chi connectivity index (χ4v) is 3.49. The lowest BCUT2D eigenvalue weighted by Crippen LogP contribution is -2.27. The van der Waals surface area contributed by atoms with Crippen molar-refractivity contribution >= 4 is 10.9 Å². The molecule has 0 unspecified atom stereocenters. The number of nitrogens with zero attached hydrogens (tertiary/aromatic N) is 1. The first-order valence-corrected chi connectivity index (χ1v) is 8.73. The molecule has 7 nitrogen and oxygen atoms in total. The molecule has 0 saturated heterocycles. The molecule has 7 heteroatoms. The molecule has 28 heavy (non-hydrogen) atoms.